The van der Waals surface area contributed by atoms with Crippen LogP contribution in [0, 0.1) is 0 Å². The van der Waals surface area contributed by atoms with Crippen LogP contribution in [0.25, 0.3) is 0 Å². The average Bonchev–Trinajstić information content (AvgIpc) is 2.25. The number of ether oxygens (including phenoxy) is 2. The normalized spacial score (nSPS) is 10.4. The first-order valence-electron chi connectivity index (χ1n) is 4.58. The summed E-state index contributed by atoms with van der Waals surface area (Å²) in [7, 11) is 1.47. The molecule has 0 saturated carbocycles. The molecule has 0 heterocycles. The van der Waals surface area contributed by atoms with Crippen LogP contribution in [-0.4, -0.2) is 20.7 Å². The van der Waals surface area contributed by atoms with Crippen LogP contribution in [-0.2, 0) is 0 Å². The Hall–Kier alpha value is 0.0513. The second-order valence-electron chi connectivity index (χ2n) is 3.20. The molecule has 0 radical (unpaired) electrons. The van der Waals surface area contributed by atoms with Crippen molar-refractivity contribution in [1.29, 1.82) is 0 Å². The quantitative estimate of drug-likeness (QED) is 0.702. The zero-order valence-corrected chi connectivity index (χ0v) is 12.9. The van der Waals surface area contributed by atoms with E-state index in [2.05, 4.69) is 6.58 Å². The van der Waals surface area contributed by atoms with Gasteiger partial charge in [-0.2, -0.15) is 0 Å². The molecule has 0 N–H and O–H groups in total. The van der Waals surface area contributed by atoms with E-state index in [0.29, 0.717) is 11.5 Å². The summed E-state index contributed by atoms with van der Waals surface area (Å²) in [5.41, 5.74) is -0.859. The Balaban J connectivity index is 0.00000256. The molecule has 0 fully saturated rings. The molecule has 0 bridgehead atoms. The number of hydrogen-bond donors (Lipinski definition) is 0. The van der Waals surface area contributed by atoms with E-state index in [9.17, 15) is 12.9 Å². The van der Waals surface area contributed by atoms with Gasteiger partial charge in [0.15, 0.2) is 0 Å². The molecular weight excluding hydrogens is 259 g/mol. The van der Waals surface area contributed by atoms with Crippen LogP contribution in [0.3, 0.4) is 0 Å². The molecule has 7 heteroatoms. The minimum absolute atomic E-state index is 0. The molecule has 0 saturated heterocycles. The SMILES string of the molecule is C=C(COc1cccc(OC)c1)[B-](F)(F)F.[K+]. The van der Waals surface area contributed by atoms with Gasteiger partial charge in [-0.1, -0.05) is 6.07 Å². The van der Waals surface area contributed by atoms with Crippen molar-refractivity contribution in [3.05, 3.63) is 36.3 Å². The van der Waals surface area contributed by atoms with E-state index in [1.54, 1.807) is 18.2 Å². The smallest absolute Gasteiger partial charge is 0.497 e. The standard InChI is InChI=1S/C10H11BF3O2.K/c1-8(11(12,13)14)7-16-10-5-3-4-9(6-10)15-2;/h3-6H,1,7H2,2H3;/q-1;+1. The Morgan fingerprint density at radius 2 is 1.88 bits per heavy atom. The fourth-order valence-corrected chi connectivity index (χ4v) is 0.961. The molecule has 0 unspecified atom stereocenters. The van der Waals surface area contributed by atoms with E-state index in [4.69, 9.17) is 9.47 Å². The molecule has 0 amide bonds. The fraction of sp³-hybridized carbons (Fsp3) is 0.200. The maximum atomic E-state index is 12.2. The Labute approximate surface area is 141 Å². The number of halogens is 3. The fourth-order valence-electron chi connectivity index (χ4n) is 0.961. The predicted octanol–water partition coefficient (Wildman–Crippen LogP) is 0.0208. The molecule has 1 aromatic carbocycles. The zero-order chi connectivity index (χ0) is 12.2. The van der Waals surface area contributed by atoms with Crippen LogP contribution in [0.2, 0.25) is 0 Å². The van der Waals surface area contributed by atoms with Gasteiger partial charge in [-0.05, 0) is 12.1 Å². The second kappa shape index (κ2) is 7.48. The van der Waals surface area contributed by atoms with E-state index in [1.165, 1.54) is 13.2 Å². The van der Waals surface area contributed by atoms with E-state index in [1.807, 2.05) is 0 Å². The van der Waals surface area contributed by atoms with Gasteiger partial charge in [0.05, 0.1) is 13.7 Å². The molecule has 1 rings (SSSR count). The minimum atomic E-state index is -5.03. The summed E-state index contributed by atoms with van der Waals surface area (Å²) in [6.45, 7) is -2.66. The third-order valence-electron chi connectivity index (χ3n) is 1.93. The summed E-state index contributed by atoms with van der Waals surface area (Å²) in [4.78, 5) is 0. The van der Waals surface area contributed by atoms with Crippen LogP contribution in [0.4, 0.5) is 12.9 Å². The Morgan fingerprint density at radius 1 is 1.29 bits per heavy atom. The molecule has 88 valence electrons. The van der Waals surface area contributed by atoms with Crippen LogP contribution < -0.4 is 60.9 Å². The van der Waals surface area contributed by atoms with Gasteiger partial charge in [0.25, 0.3) is 0 Å². The molecule has 0 aliphatic carbocycles. The maximum absolute atomic E-state index is 12.2. The van der Waals surface area contributed by atoms with Crippen LogP contribution in [0.1, 0.15) is 0 Å². The molecule has 17 heavy (non-hydrogen) atoms. The average molecular weight is 270 g/mol. The van der Waals surface area contributed by atoms with E-state index >= 15 is 0 Å². The van der Waals surface area contributed by atoms with Crippen molar-refractivity contribution >= 4 is 6.98 Å². The van der Waals surface area contributed by atoms with Crippen LogP contribution >= 0.6 is 0 Å². The number of hydrogen-bond acceptors (Lipinski definition) is 2. The molecule has 0 aromatic heterocycles. The Bertz CT molecular complexity index is 382. The third kappa shape index (κ3) is 5.96. The summed E-state index contributed by atoms with van der Waals surface area (Å²) >= 11 is 0. The summed E-state index contributed by atoms with van der Waals surface area (Å²) in [6.07, 6.45) is 0. The van der Waals surface area contributed by atoms with Crippen molar-refractivity contribution in [3.8, 4) is 11.5 Å². The molecule has 0 aliphatic rings. The van der Waals surface area contributed by atoms with Crippen molar-refractivity contribution in [3.63, 3.8) is 0 Å². The first-order chi connectivity index (χ1) is 7.43. The van der Waals surface area contributed by atoms with Crippen molar-refractivity contribution in [2.24, 2.45) is 0 Å². The van der Waals surface area contributed by atoms with Crippen LogP contribution in [0.5, 0.6) is 11.5 Å². The van der Waals surface area contributed by atoms with Crippen molar-refractivity contribution < 1.29 is 73.8 Å². The van der Waals surface area contributed by atoms with E-state index in [0.717, 1.165) is 0 Å². The summed E-state index contributed by atoms with van der Waals surface area (Å²) in [5.74, 6) is 0.848. The number of benzene rings is 1. The molecular formula is C10H11BF3KO2. The third-order valence-corrected chi connectivity index (χ3v) is 1.93. The van der Waals surface area contributed by atoms with Gasteiger partial charge in [0.2, 0.25) is 0 Å². The molecule has 1 aromatic rings. The molecule has 0 atom stereocenters. The molecule has 0 aliphatic heterocycles. The first-order valence-corrected chi connectivity index (χ1v) is 4.58. The zero-order valence-electron chi connectivity index (χ0n) is 9.75. The summed E-state index contributed by atoms with van der Waals surface area (Å²) in [6, 6.07) is 6.38. The monoisotopic (exact) mass is 270 g/mol. The van der Waals surface area contributed by atoms with Gasteiger partial charge in [-0.15, -0.1) is 12.1 Å². The maximum Gasteiger partial charge on any atom is 1.00 e. The van der Waals surface area contributed by atoms with E-state index < -0.39 is 19.1 Å². The van der Waals surface area contributed by atoms with Gasteiger partial charge in [-0.3, -0.25) is 0 Å². The topological polar surface area (TPSA) is 18.5 Å². The van der Waals surface area contributed by atoms with Gasteiger partial charge < -0.3 is 22.4 Å². The molecule has 2 nitrogen and oxygen atoms in total. The first kappa shape index (κ1) is 17.1. The van der Waals surface area contributed by atoms with E-state index in [-0.39, 0.29) is 51.4 Å². The van der Waals surface area contributed by atoms with Crippen molar-refractivity contribution in [1.82, 2.24) is 0 Å². The molecule has 0 spiro atoms. The summed E-state index contributed by atoms with van der Waals surface area (Å²) < 4.78 is 46.3. The van der Waals surface area contributed by atoms with Gasteiger partial charge in [0.1, 0.15) is 11.5 Å². The van der Waals surface area contributed by atoms with Gasteiger partial charge in [-0.25, -0.2) is 0 Å². The van der Waals surface area contributed by atoms with Crippen molar-refractivity contribution in [2.75, 3.05) is 13.7 Å². The Kier molecular flexibility index (Phi) is 7.50. The van der Waals surface area contributed by atoms with Gasteiger partial charge >= 0.3 is 58.4 Å². The summed E-state index contributed by atoms with van der Waals surface area (Å²) in [5, 5.41) is 0. The number of methoxy groups -OCH3 is 1. The van der Waals surface area contributed by atoms with Crippen molar-refractivity contribution in [2.45, 2.75) is 0 Å². The van der Waals surface area contributed by atoms with Crippen LogP contribution in [0.15, 0.2) is 36.3 Å². The largest absolute Gasteiger partial charge is 1.00 e. The predicted molar refractivity (Wildman–Crippen MR) is 56.7 cm³/mol. The van der Waals surface area contributed by atoms with Gasteiger partial charge in [0, 0.05) is 6.07 Å². The number of rotatable bonds is 5. The Morgan fingerprint density at radius 3 is 2.41 bits per heavy atom. The second-order valence-corrected chi connectivity index (χ2v) is 3.20. The minimum Gasteiger partial charge on any atom is -0.497 e.